The summed E-state index contributed by atoms with van der Waals surface area (Å²) in [6.07, 6.45) is 4.04. The third-order valence-corrected chi connectivity index (χ3v) is 4.35. The van der Waals surface area contributed by atoms with Gasteiger partial charge >= 0.3 is 0 Å². The van der Waals surface area contributed by atoms with Crippen molar-refractivity contribution < 1.29 is 4.74 Å². The minimum atomic E-state index is 0.122. The second-order valence-electron chi connectivity index (χ2n) is 7.64. The lowest BCUT2D eigenvalue weighted by Crippen LogP contribution is -2.34. The molecule has 2 heteroatoms. The van der Waals surface area contributed by atoms with Gasteiger partial charge in [0.15, 0.2) is 0 Å². The van der Waals surface area contributed by atoms with Crippen LogP contribution in [-0.2, 0) is 5.41 Å². The first-order chi connectivity index (χ1) is 9.34. The number of benzene rings is 1. The van der Waals surface area contributed by atoms with Crippen molar-refractivity contribution in [2.24, 2.45) is 0 Å². The zero-order valence-corrected chi connectivity index (χ0v) is 13.4. The lowest BCUT2D eigenvalue weighted by atomic mass is 9.81. The van der Waals surface area contributed by atoms with Crippen molar-refractivity contribution in [2.45, 2.75) is 77.5 Å². The fourth-order valence-corrected chi connectivity index (χ4v) is 3.15. The first kappa shape index (κ1) is 13.9. The Bertz CT molecular complexity index is 511. The van der Waals surface area contributed by atoms with Crippen LogP contribution in [0.3, 0.4) is 0 Å². The van der Waals surface area contributed by atoms with E-state index in [9.17, 15) is 0 Å². The number of hydrogen-bond donors (Lipinski definition) is 1. The Morgan fingerprint density at radius 1 is 1.20 bits per heavy atom. The van der Waals surface area contributed by atoms with Gasteiger partial charge in [-0.2, -0.15) is 0 Å². The largest absolute Gasteiger partial charge is 0.490 e. The Morgan fingerprint density at radius 3 is 2.50 bits per heavy atom. The SMILES string of the molecule is Cc1cc2c(c(C(C)(C)C)c1)OC(C)CC2NC1CC1. The van der Waals surface area contributed by atoms with E-state index >= 15 is 0 Å². The Balaban J connectivity index is 2.05. The van der Waals surface area contributed by atoms with Gasteiger partial charge in [-0.25, -0.2) is 0 Å². The van der Waals surface area contributed by atoms with Crippen molar-refractivity contribution in [1.29, 1.82) is 0 Å². The van der Waals surface area contributed by atoms with Crippen LogP contribution in [0.5, 0.6) is 5.75 Å². The predicted octanol–water partition coefficient (Wildman–Crippen LogP) is 4.26. The Kier molecular flexibility index (Phi) is 3.32. The van der Waals surface area contributed by atoms with E-state index in [1.54, 1.807) is 0 Å². The highest BCUT2D eigenvalue weighted by Crippen LogP contribution is 2.43. The van der Waals surface area contributed by atoms with Gasteiger partial charge in [-0.3, -0.25) is 0 Å². The van der Waals surface area contributed by atoms with E-state index < -0.39 is 0 Å². The Labute approximate surface area is 122 Å². The van der Waals surface area contributed by atoms with Gasteiger partial charge in [-0.05, 0) is 32.1 Å². The Morgan fingerprint density at radius 2 is 1.90 bits per heavy atom. The van der Waals surface area contributed by atoms with Crippen LogP contribution in [0.15, 0.2) is 12.1 Å². The van der Waals surface area contributed by atoms with Crippen molar-refractivity contribution in [3.05, 3.63) is 28.8 Å². The maximum atomic E-state index is 6.24. The van der Waals surface area contributed by atoms with Gasteiger partial charge in [0.2, 0.25) is 0 Å². The van der Waals surface area contributed by atoms with Crippen LogP contribution >= 0.6 is 0 Å². The van der Waals surface area contributed by atoms with E-state index in [0.29, 0.717) is 12.1 Å². The summed E-state index contributed by atoms with van der Waals surface area (Å²) in [4.78, 5) is 0. The van der Waals surface area contributed by atoms with E-state index in [1.807, 2.05) is 0 Å². The van der Waals surface area contributed by atoms with Crippen molar-refractivity contribution in [3.63, 3.8) is 0 Å². The lowest BCUT2D eigenvalue weighted by Gasteiger charge is -2.35. The van der Waals surface area contributed by atoms with Gasteiger partial charge < -0.3 is 10.1 Å². The highest BCUT2D eigenvalue weighted by atomic mass is 16.5. The van der Waals surface area contributed by atoms with Crippen LogP contribution in [0.4, 0.5) is 0 Å². The summed E-state index contributed by atoms with van der Waals surface area (Å²) >= 11 is 0. The lowest BCUT2D eigenvalue weighted by molar-refractivity contribution is 0.162. The van der Waals surface area contributed by atoms with E-state index in [2.05, 4.69) is 52.1 Å². The van der Waals surface area contributed by atoms with Gasteiger partial charge in [-0.15, -0.1) is 0 Å². The van der Waals surface area contributed by atoms with Crippen molar-refractivity contribution in [2.75, 3.05) is 0 Å². The molecule has 1 fully saturated rings. The summed E-state index contributed by atoms with van der Waals surface area (Å²) in [5, 5.41) is 3.81. The van der Waals surface area contributed by atoms with Gasteiger partial charge in [0.1, 0.15) is 5.75 Å². The fraction of sp³-hybridized carbons (Fsp3) is 0.667. The van der Waals surface area contributed by atoms with E-state index in [0.717, 1.165) is 18.2 Å². The number of ether oxygens (including phenoxy) is 1. The molecule has 0 saturated heterocycles. The molecule has 1 aliphatic heterocycles. The second-order valence-corrected chi connectivity index (χ2v) is 7.64. The quantitative estimate of drug-likeness (QED) is 0.869. The zero-order chi connectivity index (χ0) is 14.5. The summed E-state index contributed by atoms with van der Waals surface area (Å²) in [6, 6.07) is 5.81. The number of fused-ring (bicyclic) bond motifs is 1. The first-order valence-corrected chi connectivity index (χ1v) is 7.92. The molecule has 2 unspecified atom stereocenters. The molecule has 1 aromatic rings. The molecule has 0 spiro atoms. The van der Waals surface area contributed by atoms with Crippen LogP contribution in [0.1, 0.15) is 69.7 Å². The highest BCUT2D eigenvalue weighted by molar-refractivity contribution is 5.50. The van der Waals surface area contributed by atoms with Gasteiger partial charge in [0, 0.05) is 29.6 Å². The van der Waals surface area contributed by atoms with E-state index in [4.69, 9.17) is 4.74 Å². The molecule has 0 amide bonds. The molecular weight excluding hydrogens is 246 g/mol. The normalized spacial score (nSPS) is 26.1. The van der Waals surface area contributed by atoms with Gasteiger partial charge in [0.25, 0.3) is 0 Å². The maximum Gasteiger partial charge on any atom is 0.128 e. The summed E-state index contributed by atoms with van der Waals surface area (Å²) in [5.74, 6) is 1.14. The topological polar surface area (TPSA) is 21.3 Å². The molecular formula is C18H27NO. The van der Waals surface area contributed by atoms with Crippen LogP contribution < -0.4 is 10.1 Å². The summed E-state index contributed by atoms with van der Waals surface area (Å²) in [6.45, 7) is 11.2. The number of rotatable bonds is 2. The standard InChI is InChI=1S/C18H27NO/c1-11-8-14-16(19-13-6-7-13)10-12(2)20-17(14)15(9-11)18(3,4)5/h8-9,12-13,16,19H,6-7,10H2,1-5H3. The molecule has 20 heavy (non-hydrogen) atoms. The van der Waals surface area contributed by atoms with Crippen molar-refractivity contribution in [3.8, 4) is 5.75 Å². The van der Waals surface area contributed by atoms with Crippen LogP contribution in [0, 0.1) is 6.92 Å². The van der Waals surface area contributed by atoms with Crippen molar-refractivity contribution in [1.82, 2.24) is 5.32 Å². The molecule has 1 aliphatic carbocycles. The monoisotopic (exact) mass is 273 g/mol. The van der Waals surface area contributed by atoms with E-state index in [-0.39, 0.29) is 5.41 Å². The van der Waals surface area contributed by atoms with Crippen LogP contribution in [0.25, 0.3) is 0 Å². The smallest absolute Gasteiger partial charge is 0.128 e. The third kappa shape index (κ3) is 2.71. The zero-order valence-electron chi connectivity index (χ0n) is 13.4. The number of hydrogen-bond acceptors (Lipinski definition) is 2. The molecule has 1 aromatic carbocycles. The molecule has 0 radical (unpaired) electrons. The fourth-order valence-electron chi connectivity index (χ4n) is 3.15. The Hall–Kier alpha value is -1.02. The first-order valence-electron chi connectivity index (χ1n) is 7.92. The highest BCUT2D eigenvalue weighted by Gasteiger charge is 2.34. The molecule has 1 saturated carbocycles. The molecule has 110 valence electrons. The van der Waals surface area contributed by atoms with Crippen molar-refractivity contribution >= 4 is 0 Å². The molecule has 2 nitrogen and oxygen atoms in total. The summed E-state index contributed by atoms with van der Waals surface area (Å²) in [7, 11) is 0. The predicted molar refractivity (Wildman–Crippen MR) is 83.5 cm³/mol. The van der Waals surface area contributed by atoms with Crippen LogP contribution in [-0.4, -0.2) is 12.1 Å². The van der Waals surface area contributed by atoms with E-state index in [1.165, 1.54) is 29.5 Å². The summed E-state index contributed by atoms with van der Waals surface area (Å²) in [5.41, 5.74) is 4.19. The van der Waals surface area contributed by atoms with Crippen LogP contribution in [0.2, 0.25) is 0 Å². The average Bonchev–Trinajstić information content (AvgIpc) is 3.12. The molecule has 0 bridgehead atoms. The number of nitrogens with one attached hydrogen (secondary N) is 1. The molecule has 2 atom stereocenters. The summed E-state index contributed by atoms with van der Waals surface area (Å²) < 4.78 is 6.24. The molecule has 2 aliphatic rings. The van der Waals surface area contributed by atoms with Gasteiger partial charge in [-0.1, -0.05) is 38.5 Å². The second kappa shape index (κ2) is 4.77. The maximum absolute atomic E-state index is 6.24. The number of aryl methyl sites for hydroxylation is 1. The minimum Gasteiger partial charge on any atom is -0.490 e. The minimum absolute atomic E-state index is 0.122. The molecule has 0 aromatic heterocycles. The molecule has 3 rings (SSSR count). The molecule has 1 N–H and O–H groups in total. The van der Waals surface area contributed by atoms with Gasteiger partial charge in [0.05, 0.1) is 6.10 Å². The molecule has 1 heterocycles. The average molecular weight is 273 g/mol. The third-order valence-electron chi connectivity index (χ3n) is 4.35.